The van der Waals surface area contributed by atoms with Crippen LogP contribution in [0.4, 0.5) is 5.69 Å². The summed E-state index contributed by atoms with van der Waals surface area (Å²) in [5, 5.41) is 2.68. The summed E-state index contributed by atoms with van der Waals surface area (Å²) in [6, 6.07) is 5.84. The molecule has 0 unspecified atom stereocenters. The highest BCUT2D eigenvalue weighted by molar-refractivity contribution is 9.10. The maximum absolute atomic E-state index is 5.89. The molecule has 0 aromatic heterocycles. The zero-order valence-electron chi connectivity index (χ0n) is 11.8. The van der Waals surface area contributed by atoms with Crippen molar-refractivity contribution in [3.8, 4) is 0 Å². The monoisotopic (exact) mass is 356 g/mol. The molecule has 2 nitrogen and oxygen atoms in total. The van der Waals surface area contributed by atoms with Crippen LogP contribution in [-0.2, 0) is 11.3 Å². The van der Waals surface area contributed by atoms with Crippen LogP contribution in [0.25, 0.3) is 0 Å². The third kappa shape index (κ3) is 4.93. The largest absolute Gasteiger partial charge is 0.376 e. The molecule has 0 aliphatic heterocycles. The maximum Gasteiger partial charge on any atom is 0.0806 e. The van der Waals surface area contributed by atoms with Crippen LogP contribution in [0, 0.1) is 0 Å². The third-order valence-corrected chi connectivity index (χ3v) is 7.01. The fourth-order valence-corrected chi connectivity index (χ4v) is 2.36. The number of hydrogen-bond donors (Lipinski definition) is 0. The molecular weight excluding hydrogens is 338 g/mol. The van der Waals surface area contributed by atoms with E-state index >= 15 is 0 Å². The summed E-state index contributed by atoms with van der Waals surface area (Å²) >= 11 is 8.21. The van der Waals surface area contributed by atoms with Gasteiger partial charge in [0.1, 0.15) is 0 Å². The zero-order valence-corrected chi connectivity index (χ0v) is 15.2. The maximum atomic E-state index is 5.89. The number of ether oxygens (including phenoxy) is 1. The second kappa shape index (κ2) is 7.46. The lowest BCUT2D eigenvalue weighted by molar-refractivity contribution is 0.101. The lowest BCUT2D eigenvalue weighted by atomic mass is 10.2. The van der Waals surface area contributed by atoms with E-state index in [4.69, 9.17) is 4.74 Å². The average Bonchev–Trinajstić information content (AvgIpc) is 2.32. The van der Waals surface area contributed by atoms with E-state index in [0.717, 1.165) is 22.3 Å². The molecule has 0 aliphatic rings. The Labute approximate surface area is 131 Å². The van der Waals surface area contributed by atoms with Crippen molar-refractivity contribution >= 4 is 47.8 Å². The van der Waals surface area contributed by atoms with Gasteiger partial charge in [-0.2, -0.15) is 4.99 Å². The van der Waals surface area contributed by atoms with Gasteiger partial charge >= 0.3 is 0 Å². The van der Waals surface area contributed by atoms with Gasteiger partial charge in [0, 0.05) is 16.6 Å². The molecule has 0 N–H and O–H groups in total. The Hall–Kier alpha value is -0.323. The van der Waals surface area contributed by atoms with Crippen molar-refractivity contribution in [3.05, 3.63) is 28.2 Å². The van der Waals surface area contributed by atoms with Crippen molar-refractivity contribution in [1.82, 2.24) is 0 Å². The molecule has 5 heteroatoms. The van der Waals surface area contributed by atoms with E-state index < -0.39 is 0 Å². The van der Waals surface area contributed by atoms with Crippen LogP contribution >= 0.6 is 28.1 Å². The molecule has 1 rings (SSSR count). The minimum Gasteiger partial charge on any atom is -0.376 e. The van der Waals surface area contributed by atoms with Gasteiger partial charge in [0.25, 0.3) is 0 Å². The normalized spacial score (nSPS) is 11.5. The summed E-state index contributed by atoms with van der Waals surface area (Å²) in [5.74, 6) is 0. The minimum atomic E-state index is -0.384. The molecule has 0 fully saturated rings. The number of halogens is 1. The molecule has 1 aromatic carbocycles. The van der Waals surface area contributed by atoms with Gasteiger partial charge in [-0.3, -0.25) is 0 Å². The first-order valence-electron chi connectivity index (χ1n) is 6.12. The Bertz CT molecular complexity index is 484. The zero-order chi connectivity index (χ0) is 14.5. The smallest absolute Gasteiger partial charge is 0.0806 e. The van der Waals surface area contributed by atoms with Gasteiger partial charge < -0.3 is 4.74 Å². The van der Waals surface area contributed by atoms with Crippen molar-refractivity contribution in [3.63, 3.8) is 0 Å². The van der Waals surface area contributed by atoms with Crippen LogP contribution in [0.1, 0.15) is 19.4 Å². The van der Waals surface area contributed by atoms with E-state index in [1.54, 1.807) is 0 Å². The fraction of sp³-hybridized carbons (Fsp3) is 0.500. The standard InChI is InChI=1S/C14H19BrNOSSi/c1-14(2,19(3)4)9-17-8-11-12(15)6-5-7-13(11)16-10-18/h5-7H,8-9H2,1-4H3. The van der Waals surface area contributed by atoms with Crippen LogP contribution < -0.4 is 0 Å². The fourth-order valence-electron chi connectivity index (χ4n) is 1.40. The van der Waals surface area contributed by atoms with Crippen molar-refractivity contribution in [2.24, 2.45) is 4.99 Å². The molecule has 0 spiro atoms. The summed E-state index contributed by atoms with van der Waals surface area (Å²) in [5.41, 5.74) is 1.84. The van der Waals surface area contributed by atoms with Crippen LogP contribution in [-0.4, -0.2) is 20.6 Å². The number of aliphatic imine (C=N–C) groups is 1. The van der Waals surface area contributed by atoms with Crippen LogP contribution in [0.3, 0.4) is 0 Å². The minimum absolute atomic E-state index is 0.263. The number of thiocarbonyl (C=S) groups is 1. The second-order valence-electron chi connectivity index (χ2n) is 5.32. The van der Waals surface area contributed by atoms with Crippen molar-refractivity contribution in [2.45, 2.75) is 38.6 Å². The van der Waals surface area contributed by atoms with Crippen molar-refractivity contribution < 1.29 is 4.74 Å². The summed E-state index contributed by atoms with van der Waals surface area (Å²) in [4.78, 5) is 4.08. The van der Waals surface area contributed by atoms with Gasteiger partial charge in [-0.1, -0.05) is 48.9 Å². The molecule has 19 heavy (non-hydrogen) atoms. The predicted molar refractivity (Wildman–Crippen MR) is 90.0 cm³/mol. The van der Waals surface area contributed by atoms with E-state index in [9.17, 15) is 0 Å². The number of nitrogens with zero attached hydrogens (tertiary/aromatic N) is 1. The van der Waals surface area contributed by atoms with Gasteiger partial charge in [-0.05, 0) is 29.4 Å². The first-order chi connectivity index (χ1) is 8.88. The van der Waals surface area contributed by atoms with Gasteiger partial charge in [0.05, 0.1) is 26.3 Å². The first kappa shape index (κ1) is 16.7. The van der Waals surface area contributed by atoms with E-state index in [2.05, 4.69) is 65.2 Å². The molecule has 0 aliphatic carbocycles. The quantitative estimate of drug-likeness (QED) is 0.395. The number of rotatable bonds is 6. The van der Waals surface area contributed by atoms with Crippen molar-refractivity contribution in [2.75, 3.05) is 6.61 Å². The summed E-state index contributed by atoms with van der Waals surface area (Å²) in [6.45, 7) is 10.4. The molecule has 1 radical (unpaired) electrons. The Morgan fingerprint density at radius 3 is 2.68 bits per heavy atom. The van der Waals surface area contributed by atoms with E-state index in [1.807, 2.05) is 18.2 Å². The topological polar surface area (TPSA) is 21.6 Å². The number of benzene rings is 1. The molecule has 0 saturated heterocycles. The van der Waals surface area contributed by atoms with Gasteiger partial charge in [-0.25, -0.2) is 0 Å². The highest BCUT2D eigenvalue weighted by Crippen LogP contribution is 2.31. The molecule has 0 amide bonds. The molecule has 103 valence electrons. The second-order valence-corrected chi connectivity index (χ2v) is 9.71. The molecule has 0 bridgehead atoms. The predicted octanol–water partition coefficient (Wildman–Crippen LogP) is 5.23. The molecule has 0 heterocycles. The third-order valence-electron chi connectivity index (χ3n) is 3.32. The van der Waals surface area contributed by atoms with E-state index in [-0.39, 0.29) is 13.8 Å². The lowest BCUT2D eigenvalue weighted by Gasteiger charge is -2.27. The Morgan fingerprint density at radius 2 is 2.11 bits per heavy atom. The SMILES string of the molecule is C[Si](C)C(C)(C)COCc1c(Br)cccc1N=C=S. The number of hydrogen-bond acceptors (Lipinski definition) is 3. The summed E-state index contributed by atoms with van der Waals surface area (Å²) in [6.07, 6.45) is 0. The molecule has 0 saturated carbocycles. The van der Waals surface area contributed by atoms with Crippen molar-refractivity contribution in [1.29, 1.82) is 0 Å². The van der Waals surface area contributed by atoms with Crippen LogP contribution in [0.5, 0.6) is 0 Å². The highest BCUT2D eigenvalue weighted by Gasteiger charge is 2.24. The van der Waals surface area contributed by atoms with Crippen LogP contribution in [0.2, 0.25) is 18.1 Å². The van der Waals surface area contributed by atoms with Crippen LogP contribution in [0.15, 0.2) is 27.7 Å². The van der Waals surface area contributed by atoms with E-state index in [0.29, 0.717) is 6.61 Å². The van der Waals surface area contributed by atoms with E-state index in [1.165, 1.54) is 0 Å². The summed E-state index contributed by atoms with van der Waals surface area (Å²) < 4.78 is 6.88. The van der Waals surface area contributed by atoms with Gasteiger partial charge in [0.15, 0.2) is 0 Å². The summed E-state index contributed by atoms with van der Waals surface area (Å²) in [7, 11) is -0.384. The van der Waals surface area contributed by atoms with Gasteiger partial charge in [0.2, 0.25) is 0 Å². The Balaban J connectivity index is 2.76. The highest BCUT2D eigenvalue weighted by atomic mass is 79.9. The Kier molecular flexibility index (Phi) is 6.57. The average molecular weight is 357 g/mol. The Morgan fingerprint density at radius 1 is 1.42 bits per heavy atom. The van der Waals surface area contributed by atoms with Gasteiger partial charge in [-0.15, -0.1) is 0 Å². The lowest BCUT2D eigenvalue weighted by Crippen LogP contribution is -2.26. The first-order valence-corrected chi connectivity index (χ1v) is 9.82. The molecule has 0 atom stereocenters. The number of isothiocyanates is 1. The molecular formula is C14H19BrNOSSi. The molecule has 1 aromatic rings.